The number of alkyl halides is 3. The first kappa shape index (κ1) is 15.4. The van der Waals surface area contributed by atoms with Gasteiger partial charge in [0.15, 0.2) is 11.0 Å². The van der Waals surface area contributed by atoms with Crippen LogP contribution in [0.2, 0.25) is 0 Å². The Bertz CT molecular complexity index is 840. The molecule has 0 aliphatic rings. The number of nitrogens with one attached hydrogen (secondary N) is 2. The number of aliphatic hydroxyl groups is 1. The Morgan fingerprint density at radius 2 is 1.78 bits per heavy atom. The smallest absolute Gasteiger partial charge is 0.433 e. The van der Waals surface area contributed by atoms with Crippen LogP contribution < -0.4 is 4.98 Å². The molecule has 0 spiro atoms. The summed E-state index contributed by atoms with van der Waals surface area (Å²) in [5.41, 5.74) is -2.62. The maximum Gasteiger partial charge on any atom is 0.433 e. The second-order valence-corrected chi connectivity index (χ2v) is 5.40. The monoisotopic (exact) mass is 323 g/mol. The number of phenols is 1. The number of hydrogen-bond donors (Lipinski definition) is 3. The van der Waals surface area contributed by atoms with E-state index >= 15 is 0 Å². The van der Waals surface area contributed by atoms with Crippen molar-refractivity contribution in [3.8, 4) is 5.75 Å². The lowest BCUT2D eigenvalue weighted by Gasteiger charge is -2.26. The van der Waals surface area contributed by atoms with E-state index in [1.54, 1.807) is 31.2 Å². The highest BCUT2D eigenvalue weighted by atomic mass is 19.4. The minimum atomic E-state index is -5.04. The second-order valence-electron chi connectivity index (χ2n) is 5.40. The normalized spacial score (nSPS) is 14.8. The summed E-state index contributed by atoms with van der Waals surface area (Å²) in [7, 11) is 0. The van der Waals surface area contributed by atoms with Crippen LogP contribution in [0.4, 0.5) is 13.2 Å². The molecule has 3 aromatic rings. The minimum absolute atomic E-state index is 0.414. The van der Waals surface area contributed by atoms with E-state index in [4.69, 9.17) is 0 Å². The molecule has 0 fully saturated rings. The quantitative estimate of drug-likeness (QED) is 0.679. The van der Waals surface area contributed by atoms with Gasteiger partial charge in [-0.3, -0.25) is 0 Å². The zero-order chi connectivity index (χ0) is 16.8. The molecule has 4 nitrogen and oxygen atoms in total. The van der Waals surface area contributed by atoms with Crippen molar-refractivity contribution >= 4 is 11.0 Å². The Hall–Kier alpha value is -2.54. The fourth-order valence-corrected chi connectivity index (χ4v) is 2.56. The molecule has 0 aliphatic heterocycles. The van der Waals surface area contributed by atoms with E-state index in [1.807, 2.05) is 0 Å². The van der Waals surface area contributed by atoms with Gasteiger partial charge < -0.3 is 10.2 Å². The summed E-state index contributed by atoms with van der Waals surface area (Å²) in [5, 5.41) is 20.5. The second kappa shape index (κ2) is 4.99. The van der Waals surface area contributed by atoms with E-state index in [0.717, 1.165) is 6.07 Å². The lowest BCUT2D eigenvalue weighted by molar-refractivity contribution is -0.398. The number of aromatic hydroxyl groups is 1. The van der Waals surface area contributed by atoms with E-state index in [0.29, 0.717) is 16.6 Å². The Morgan fingerprint density at radius 3 is 2.39 bits per heavy atom. The molecule has 0 bridgehead atoms. The van der Waals surface area contributed by atoms with E-state index < -0.39 is 28.9 Å². The molecule has 1 atom stereocenters. The third kappa shape index (κ3) is 2.33. The number of benzene rings is 2. The summed E-state index contributed by atoms with van der Waals surface area (Å²) < 4.78 is 41.1. The van der Waals surface area contributed by atoms with E-state index in [1.165, 1.54) is 12.1 Å². The van der Waals surface area contributed by atoms with Gasteiger partial charge in [-0.25, -0.2) is 9.97 Å². The maximum atomic E-state index is 13.7. The average molecular weight is 323 g/mol. The van der Waals surface area contributed by atoms with Gasteiger partial charge in [-0.15, -0.1) is 0 Å². The molecule has 0 aliphatic carbocycles. The Kier molecular flexibility index (Phi) is 3.33. The lowest BCUT2D eigenvalue weighted by atomic mass is 9.90. The summed E-state index contributed by atoms with van der Waals surface area (Å²) >= 11 is 0. The zero-order valence-electron chi connectivity index (χ0n) is 12.1. The van der Waals surface area contributed by atoms with Gasteiger partial charge in [0.1, 0.15) is 5.75 Å². The van der Waals surface area contributed by atoms with Gasteiger partial charge in [-0.1, -0.05) is 24.3 Å². The van der Waals surface area contributed by atoms with Gasteiger partial charge in [0.05, 0.1) is 0 Å². The van der Waals surface area contributed by atoms with Crippen LogP contribution in [-0.4, -0.2) is 21.4 Å². The van der Waals surface area contributed by atoms with Crippen molar-refractivity contribution in [2.24, 2.45) is 0 Å². The highest BCUT2D eigenvalue weighted by Crippen LogP contribution is 2.45. The molecule has 0 amide bonds. The summed E-state index contributed by atoms with van der Waals surface area (Å²) in [6.45, 7) is 1.63. The van der Waals surface area contributed by atoms with E-state index in [9.17, 15) is 23.4 Å². The number of aromatic nitrogens is 2. The Labute approximate surface area is 129 Å². The number of aromatic amines is 2. The summed E-state index contributed by atoms with van der Waals surface area (Å²) in [6.07, 6.45) is -5.04. The third-order valence-electron chi connectivity index (χ3n) is 3.76. The standard InChI is InChI=1S/C16H13F3N2O2/c1-9-6-7-10(13(22)8-9)15(23,16(17,18)19)14-20-11-4-2-3-5-12(11)21-14/h2-8,22-23H,1H3,(H,20,21)/p+1. The number of aryl methyl sites for hydroxylation is 1. The lowest BCUT2D eigenvalue weighted by Crippen LogP contribution is -2.47. The molecule has 0 radical (unpaired) electrons. The van der Waals surface area contributed by atoms with Crippen molar-refractivity contribution in [3.63, 3.8) is 0 Å². The highest BCUT2D eigenvalue weighted by molar-refractivity contribution is 5.71. The molecule has 1 unspecified atom stereocenters. The number of halogens is 3. The van der Waals surface area contributed by atoms with Crippen molar-refractivity contribution in [1.82, 2.24) is 4.98 Å². The van der Waals surface area contributed by atoms with Crippen LogP contribution in [0.5, 0.6) is 5.75 Å². The van der Waals surface area contributed by atoms with Crippen LogP contribution in [0.3, 0.4) is 0 Å². The summed E-state index contributed by atoms with van der Waals surface area (Å²) in [4.78, 5) is 5.09. The van der Waals surface area contributed by atoms with Gasteiger partial charge in [0, 0.05) is 5.56 Å². The molecule has 1 heterocycles. The molecule has 0 saturated carbocycles. The number of fused-ring (bicyclic) bond motifs is 1. The predicted octanol–water partition coefficient (Wildman–Crippen LogP) is 2.79. The van der Waals surface area contributed by atoms with Gasteiger partial charge in [-0.05, 0) is 30.7 Å². The van der Waals surface area contributed by atoms with Gasteiger partial charge >= 0.3 is 6.18 Å². The van der Waals surface area contributed by atoms with Crippen LogP contribution in [0.25, 0.3) is 11.0 Å². The van der Waals surface area contributed by atoms with Crippen LogP contribution in [0, 0.1) is 6.92 Å². The summed E-state index contributed by atoms with van der Waals surface area (Å²) in [5.74, 6) is -1.19. The fourth-order valence-electron chi connectivity index (χ4n) is 2.56. The van der Waals surface area contributed by atoms with Crippen molar-refractivity contribution < 1.29 is 28.4 Å². The largest absolute Gasteiger partial charge is 0.508 e. The highest BCUT2D eigenvalue weighted by Gasteiger charge is 2.63. The Balaban J connectivity index is 2.29. The number of rotatable bonds is 2. The maximum absolute atomic E-state index is 13.7. The molecule has 23 heavy (non-hydrogen) atoms. The summed E-state index contributed by atoms with van der Waals surface area (Å²) in [6, 6.07) is 10.1. The number of phenolic OH excluding ortho intramolecular Hbond substituents is 1. The van der Waals surface area contributed by atoms with Gasteiger partial charge in [0.25, 0.3) is 11.4 Å². The van der Waals surface area contributed by atoms with Crippen LogP contribution in [0.15, 0.2) is 42.5 Å². The van der Waals surface area contributed by atoms with Crippen LogP contribution in [0.1, 0.15) is 17.0 Å². The van der Waals surface area contributed by atoms with Crippen molar-refractivity contribution in [3.05, 3.63) is 59.4 Å². The Morgan fingerprint density at radius 1 is 1.09 bits per heavy atom. The molecule has 2 aromatic carbocycles. The molecule has 0 saturated heterocycles. The van der Waals surface area contributed by atoms with Crippen molar-refractivity contribution in [2.75, 3.05) is 0 Å². The molecule has 120 valence electrons. The van der Waals surface area contributed by atoms with Gasteiger partial charge in [-0.2, -0.15) is 13.2 Å². The molecule has 4 N–H and O–H groups in total. The number of hydrogen-bond acceptors (Lipinski definition) is 2. The van der Waals surface area contributed by atoms with Crippen molar-refractivity contribution in [2.45, 2.75) is 18.7 Å². The van der Waals surface area contributed by atoms with Gasteiger partial charge in [0.2, 0.25) is 0 Å². The average Bonchev–Trinajstić information content (AvgIpc) is 2.89. The van der Waals surface area contributed by atoms with Crippen LogP contribution in [-0.2, 0) is 5.60 Å². The first-order chi connectivity index (χ1) is 10.7. The first-order valence-corrected chi connectivity index (χ1v) is 6.83. The molecule has 3 rings (SSSR count). The van der Waals surface area contributed by atoms with Crippen LogP contribution >= 0.6 is 0 Å². The van der Waals surface area contributed by atoms with E-state index in [2.05, 4.69) is 9.97 Å². The minimum Gasteiger partial charge on any atom is -0.508 e. The predicted molar refractivity (Wildman–Crippen MR) is 76.8 cm³/mol. The van der Waals surface area contributed by atoms with E-state index in [-0.39, 0.29) is 0 Å². The third-order valence-corrected chi connectivity index (χ3v) is 3.76. The first-order valence-electron chi connectivity index (χ1n) is 6.83. The number of H-pyrrole nitrogens is 2. The molecule has 7 heteroatoms. The fraction of sp³-hybridized carbons (Fsp3) is 0.188. The molecular formula is C16H14F3N2O2+. The van der Waals surface area contributed by atoms with Crippen molar-refractivity contribution in [1.29, 1.82) is 0 Å². The molecular weight excluding hydrogens is 309 g/mol. The zero-order valence-corrected chi connectivity index (χ0v) is 12.1. The SMILES string of the molecule is Cc1ccc(C(O)(c2[nH]c3ccccc3[nH+]2)C(F)(F)F)c(O)c1. The number of para-hydroxylation sites is 2. The molecule has 1 aromatic heterocycles. The topological polar surface area (TPSA) is 70.4 Å². The number of imidazole rings is 1.